The number of nitrogens with zero attached hydrogens (tertiary/aromatic N) is 4. The average molecular weight is 508 g/mol. The molecule has 8 nitrogen and oxygen atoms in total. The first-order valence-corrected chi connectivity index (χ1v) is 12.9. The number of carbonyl (C=O) groups is 2. The van der Waals surface area contributed by atoms with Gasteiger partial charge in [0.1, 0.15) is 17.6 Å². The number of Topliss-reactive ketones (excluding diaryl/α,β-unsaturated/α-hetero) is 1. The Kier molecular flexibility index (Phi) is 6.62. The van der Waals surface area contributed by atoms with Crippen molar-refractivity contribution in [3.63, 3.8) is 0 Å². The van der Waals surface area contributed by atoms with Crippen LogP contribution in [0.25, 0.3) is 0 Å². The standard InChI is InChI=1S/C30H29N5O3/c36-29(28-26(22-7-2-1-3-8-22)19-24-9-4-5-13-35(24)28)30(37)32-23-11-12-27(31-20-23)34-16-14-33(15-17-34)21-25-10-6-18-38-25/h1-13,18-20,26,28H,14-17,21H2,(H,32,37). The molecule has 2 aromatic heterocycles. The largest absolute Gasteiger partial charge is 0.468 e. The van der Waals surface area contributed by atoms with Gasteiger partial charge >= 0.3 is 0 Å². The van der Waals surface area contributed by atoms with E-state index in [2.05, 4.69) is 26.2 Å². The molecule has 2 unspecified atom stereocenters. The maximum Gasteiger partial charge on any atom is 0.294 e. The fraction of sp³-hybridized carbons (Fsp3) is 0.233. The van der Waals surface area contributed by atoms with Crippen LogP contribution >= 0.6 is 0 Å². The molecule has 5 heterocycles. The van der Waals surface area contributed by atoms with Gasteiger partial charge in [-0.05, 0) is 42.0 Å². The second-order valence-electron chi connectivity index (χ2n) is 9.65. The summed E-state index contributed by atoms with van der Waals surface area (Å²) in [4.78, 5) is 37.6. The van der Waals surface area contributed by atoms with Crippen LogP contribution in [0.15, 0.2) is 108 Å². The third-order valence-corrected chi connectivity index (χ3v) is 7.25. The van der Waals surface area contributed by atoms with E-state index >= 15 is 0 Å². The summed E-state index contributed by atoms with van der Waals surface area (Å²) >= 11 is 0. The highest BCUT2D eigenvalue weighted by Crippen LogP contribution is 2.37. The number of benzene rings is 1. The zero-order valence-electron chi connectivity index (χ0n) is 20.9. The second-order valence-corrected chi connectivity index (χ2v) is 9.65. The number of hydrogen-bond donors (Lipinski definition) is 1. The Hall–Kier alpha value is -4.43. The molecule has 1 fully saturated rings. The van der Waals surface area contributed by atoms with Crippen molar-refractivity contribution in [3.8, 4) is 0 Å². The molecule has 2 atom stereocenters. The molecular formula is C30H29N5O3. The van der Waals surface area contributed by atoms with Gasteiger partial charge in [0.05, 0.1) is 24.7 Å². The Morgan fingerprint density at radius 3 is 2.55 bits per heavy atom. The molecule has 0 bridgehead atoms. The van der Waals surface area contributed by atoms with Gasteiger partial charge in [0.25, 0.3) is 5.91 Å². The Labute approximate surface area is 221 Å². The van der Waals surface area contributed by atoms with Gasteiger partial charge in [-0.3, -0.25) is 14.5 Å². The topological polar surface area (TPSA) is 81.9 Å². The monoisotopic (exact) mass is 507 g/mol. The first kappa shape index (κ1) is 23.9. The molecule has 1 saturated heterocycles. The van der Waals surface area contributed by atoms with E-state index in [0.717, 1.165) is 55.6 Å². The zero-order valence-corrected chi connectivity index (χ0v) is 20.9. The Morgan fingerprint density at radius 1 is 0.974 bits per heavy atom. The molecule has 38 heavy (non-hydrogen) atoms. The van der Waals surface area contributed by atoms with Gasteiger partial charge in [0.15, 0.2) is 0 Å². The van der Waals surface area contributed by atoms with Gasteiger partial charge in [-0.25, -0.2) is 4.98 Å². The van der Waals surface area contributed by atoms with Crippen molar-refractivity contribution in [2.24, 2.45) is 0 Å². The highest BCUT2D eigenvalue weighted by Gasteiger charge is 2.41. The lowest BCUT2D eigenvalue weighted by atomic mass is 9.90. The summed E-state index contributed by atoms with van der Waals surface area (Å²) in [5.74, 6) is 0.477. The van der Waals surface area contributed by atoms with Gasteiger partial charge in [-0.2, -0.15) is 0 Å². The molecular weight excluding hydrogens is 478 g/mol. The first-order chi connectivity index (χ1) is 18.7. The van der Waals surface area contributed by atoms with Crippen molar-refractivity contribution in [2.75, 3.05) is 36.4 Å². The SMILES string of the molecule is O=C(Nc1ccc(N2CCN(Cc3ccco3)CC2)nc1)C(=O)C1C(c2ccccc2)C=C2C=CC=CN21. The Bertz CT molecular complexity index is 1370. The molecule has 3 aliphatic heterocycles. The Morgan fingerprint density at radius 2 is 1.82 bits per heavy atom. The minimum atomic E-state index is -0.644. The third-order valence-electron chi connectivity index (χ3n) is 7.25. The van der Waals surface area contributed by atoms with Gasteiger partial charge in [0, 0.05) is 44.0 Å². The molecule has 3 aliphatic rings. The van der Waals surface area contributed by atoms with E-state index in [9.17, 15) is 9.59 Å². The van der Waals surface area contributed by atoms with Crippen LogP contribution in [0.3, 0.4) is 0 Å². The van der Waals surface area contributed by atoms with Gasteiger partial charge in [-0.15, -0.1) is 0 Å². The molecule has 3 aromatic rings. The van der Waals surface area contributed by atoms with Crippen LogP contribution in [0, 0.1) is 0 Å². The van der Waals surface area contributed by atoms with Gasteiger partial charge in [0.2, 0.25) is 5.78 Å². The molecule has 0 aliphatic carbocycles. The maximum atomic E-state index is 13.5. The smallest absolute Gasteiger partial charge is 0.294 e. The number of pyridine rings is 1. The predicted octanol–water partition coefficient (Wildman–Crippen LogP) is 3.94. The fourth-order valence-corrected chi connectivity index (χ4v) is 5.29. The summed E-state index contributed by atoms with van der Waals surface area (Å²) in [6.45, 7) is 4.34. The number of ketones is 1. The molecule has 1 amide bonds. The lowest BCUT2D eigenvalue weighted by molar-refractivity contribution is -0.137. The molecule has 0 spiro atoms. The van der Waals surface area contributed by atoms with Gasteiger partial charge in [-0.1, -0.05) is 42.5 Å². The summed E-state index contributed by atoms with van der Waals surface area (Å²) in [6, 6.07) is 16.8. The number of nitrogens with one attached hydrogen (secondary N) is 1. The van der Waals surface area contributed by atoms with Crippen molar-refractivity contribution >= 4 is 23.2 Å². The number of allylic oxidation sites excluding steroid dienone is 3. The highest BCUT2D eigenvalue weighted by atomic mass is 16.3. The zero-order chi connectivity index (χ0) is 25.9. The van der Waals surface area contributed by atoms with E-state index in [4.69, 9.17) is 4.42 Å². The van der Waals surface area contributed by atoms with E-state index in [1.807, 2.05) is 77.9 Å². The number of hydrogen-bond acceptors (Lipinski definition) is 7. The van der Waals surface area contributed by atoms with Crippen LogP contribution < -0.4 is 10.2 Å². The van der Waals surface area contributed by atoms with E-state index < -0.39 is 17.7 Å². The van der Waals surface area contributed by atoms with Crippen LogP contribution in [0.2, 0.25) is 0 Å². The fourth-order valence-electron chi connectivity index (χ4n) is 5.29. The van der Waals surface area contributed by atoms with E-state index in [-0.39, 0.29) is 5.92 Å². The first-order valence-electron chi connectivity index (χ1n) is 12.9. The van der Waals surface area contributed by atoms with E-state index in [0.29, 0.717) is 5.69 Å². The predicted molar refractivity (Wildman–Crippen MR) is 145 cm³/mol. The number of rotatable bonds is 7. The Balaban J connectivity index is 1.09. The van der Waals surface area contributed by atoms with E-state index in [1.54, 1.807) is 18.5 Å². The molecule has 8 heteroatoms. The van der Waals surface area contributed by atoms with Crippen LogP contribution in [-0.4, -0.2) is 58.7 Å². The summed E-state index contributed by atoms with van der Waals surface area (Å²) in [5.41, 5.74) is 2.42. The molecule has 0 saturated carbocycles. The maximum absolute atomic E-state index is 13.5. The number of furan rings is 1. The van der Waals surface area contributed by atoms with Crippen LogP contribution in [-0.2, 0) is 16.1 Å². The number of piperazine rings is 1. The summed E-state index contributed by atoms with van der Waals surface area (Å²) in [6.07, 6.45) is 13.0. The molecule has 6 rings (SSSR count). The summed E-state index contributed by atoms with van der Waals surface area (Å²) < 4.78 is 5.46. The normalized spacial score (nSPS) is 20.8. The highest BCUT2D eigenvalue weighted by molar-refractivity contribution is 6.42. The minimum absolute atomic E-state index is 0.219. The van der Waals surface area contributed by atoms with Crippen LogP contribution in [0.5, 0.6) is 0 Å². The third kappa shape index (κ3) is 4.90. The van der Waals surface area contributed by atoms with Crippen LogP contribution in [0.4, 0.5) is 11.5 Å². The van der Waals surface area contributed by atoms with Crippen molar-refractivity contribution < 1.29 is 14.0 Å². The summed E-state index contributed by atoms with van der Waals surface area (Å²) in [5, 5.41) is 2.77. The van der Waals surface area contributed by atoms with Crippen molar-refractivity contribution in [3.05, 3.63) is 115 Å². The molecule has 1 aromatic carbocycles. The van der Waals surface area contributed by atoms with Crippen molar-refractivity contribution in [1.29, 1.82) is 0 Å². The lowest BCUT2D eigenvalue weighted by Crippen LogP contribution is -2.46. The quantitative estimate of drug-likeness (QED) is 0.485. The van der Waals surface area contributed by atoms with Crippen molar-refractivity contribution in [2.45, 2.75) is 18.5 Å². The number of carbonyl (C=O) groups excluding carboxylic acids is 2. The van der Waals surface area contributed by atoms with Crippen LogP contribution in [0.1, 0.15) is 17.2 Å². The second kappa shape index (κ2) is 10.5. The number of fused-ring (bicyclic) bond motifs is 1. The van der Waals surface area contributed by atoms with Gasteiger partial charge < -0.3 is 19.5 Å². The summed E-state index contributed by atoms with van der Waals surface area (Å²) in [7, 11) is 0. The number of anilines is 2. The number of aromatic nitrogens is 1. The van der Waals surface area contributed by atoms with E-state index in [1.165, 1.54) is 0 Å². The minimum Gasteiger partial charge on any atom is -0.468 e. The average Bonchev–Trinajstić information content (AvgIpc) is 3.62. The molecule has 0 radical (unpaired) electrons. The van der Waals surface area contributed by atoms with Crippen molar-refractivity contribution in [1.82, 2.24) is 14.8 Å². The number of amides is 1. The molecule has 192 valence electrons. The lowest BCUT2D eigenvalue weighted by Gasteiger charge is -2.35. The molecule has 1 N–H and O–H groups in total.